The molecule has 0 atom stereocenters. The third-order valence-corrected chi connectivity index (χ3v) is 3.88. The average molecular weight is 366 g/mol. The first-order valence-electron chi connectivity index (χ1n) is 6.79. The van der Waals surface area contributed by atoms with Gasteiger partial charge >= 0.3 is 11.9 Å². The molecule has 0 saturated heterocycles. The normalized spacial score (nSPS) is 11.5. The number of nitrogens with one attached hydrogen (secondary N) is 1. The summed E-state index contributed by atoms with van der Waals surface area (Å²) in [4.78, 5) is 26.2. The van der Waals surface area contributed by atoms with Crippen molar-refractivity contribution in [2.24, 2.45) is 0 Å². The molecule has 0 fully saturated rings. The molecule has 0 aliphatic rings. The maximum absolute atomic E-state index is 13.2. The Morgan fingerprint density at radius 3 is 2.44 bits per heavy atom. The topological polar surface area (TPSA) is 78.7 Å². The molecule has 0 unspecified atom stereocenters. The lowest BCUT2D eigenvalue weighted by Crippen LogP contribution is -2.30. The van der Waals surface area contributed by atoms with Gasteiger partial charge in [-0.25, -0.2) is 4.79 Å². The second-order valence-electron chi connectivity index (χ2n) is 5.07. The molecule has 1 N–H and O–H groups in total. The van der Waals surface area contributed by atoms with Crippen LogP contribution in [0.25, 0.3) is 16.6 Å². The summed E-state index contributed by atoms with van der Waals surface area (Å²) in [5.41, 5.74) is -3.98. The van der Waals surface area contributed by atoms with E-state index in [0.717, 1.165) is 10.6 Å². The first kappa shape index (κ1) is 16.8. The number of benzene rings is 2. The molecular formula is C16H7ClF3N3O2. The number of H-pyrrole nitrogens is 1. The van der Waals surface area contributed by atoms with E-state index in [-0.39, 0.29) is 21.6 Å². The van der Waals surface area contributed by atoms with Crippen LogP contribution in [0.5, 0.6) is 0 Å². The third-order valence-electron chi connectivity index (χ3n) is 3.56. The molecule has 0 aliphatic carbocycles. The Morgan fingerprint density at radius 2 is 1.84 bits per heavy atom. The van der Waals surface area contributed by atoms with Gasteiger partial charge in [0, 0.05) is 0 Å². The summed E-state index contributed by atoms with van der Waals surface area (Å²) in [5.74, 6) is 0. The number of rotatable bonds is 1. The van der Waals surface area contributed by atoms with E-state index in [1.54, 1.807) is 12.1 Å². The van der Waals surface area contributed by atoms with Crippen LogP contribution in [0.3, 0.4) is 0 Å². The van der Waals surface area contributed by atoms with Gasteiger partial charge in [0.25, 0.3) is 5.56 Å². The first-order valence-corrected chi connectivity index (χ1v) is 7.17. The van der Waals surface area contributed by atoms with Crippen LogP contribution < -0.4 is 11.2 Å². The van der Waals surface area contributed by atoms with E-state index in [2.05, 4.69) is 0 Å². The van der Waals surface area contributed by atoms with Crippen molar-refractivity contribution in [1.82, 2.24) is 9.55 Å². The van der Waals surface area contributed by atoms with Crippen LogP contribution in [0.4, 0.5) is 13.2 Å². The van der Waals surface area contributed by atoms with Gasteiger partial charge in [0.05, 0.1) is 38.8 Å². The smallest absolute Gasteiger partial charge is 0.273 e. The van der Waals surface area contributed by atoms with E-state index in [1.165, 1.54) is 18.2 Å². The molecule has 0 spiro atoms. The number of nitriles is 1. The van der Waals surface area contributed by atoms with Gasteiger partial charge in [0.1, 0.15) is 0 Å². The zero-order chi connectivity index (χ0) is 18.4. The minimum Gasteiger partial charge on any atom is -0.273 e. The quantitative estimate of drug-likeness (QED) is 0.719. The Kier molecular flexibility index (Phi) is 3.89. The highest BCUT2D eigenvalue weighted by Gasteiger charge is 2.34. The van der Waals surface area contributed by atoms with Crippen LogP contribution in [0.1, 0.15) is 11.1 Å². The molecule has 126 valence electrons. The molecule has 25 heavy (non-hydrogen) atoms. The van der Waals surface area contributed by atoms with Crippen LogP contribution in [-0.4, -0.2) is 9.55 Å². The largest absolute Gasteiger partial charge is 0.417 e. The number of aromatic amines is 1. The van der Waals surface area contributed by atoms with Crippen LogP contribution in [0.15, 0.2) is 46.0 Å². The van der Waals surface area contributed by atoms with Gasteiger partial charge in [-0.05, 0) is 24.3 Å². The van der Waals surface area contributed by atoms with Gasteiger partial charge in [-0.15, -0.1) is 0 Å². The Labute approximate surface area is 142 Å². The molecule has 0 amide bonds. The number of hydrogen-bond donors (Lipinski definition) is 1. The summed E-state index contributed by atoms with van der Waals surface area (Å²) in [6, 6.07) is 8.83. The number of para-hydroxylation sites is 1. The van der Waals surface area contributed by atoms with Gasteiger partial charge in [-0.3, -0.25) is 14.3 Å². The fraction of sp³-hybridized carbons (Fsp3) is 0.0625. The second-order valence-corrected chi connectivity index (χ2v) is 5.48. The van der Waals surface area contributed by atoms with E-state index in [4.69, 9.17) is 16.9 Å². The lowest BCUT2D eigenvalue weighted by Gasteiger charge is -2.14. The molecule has 0 saturated carbocycles. The first-order chi connectivity index (χ1) is 11.7. The third kappa shape index (κ3) is 2.79. The van der Waals surface area contributed by atoms with E-state index in [9.17, 15) is 22.8 Å². The maximum Gasteiger partial charge on any atom is 0.417 e. The minimum absolute atomic E-state index is 0.105. The zero-order valence-electron chi connectivity index (χ0n) is 12.2. The van der Waals surface area contributed by atoms with Crippen molar-refractivity contribution in [1.29, 1.82) is 5.26 Å². The molecule has 0 bridgehead atoms. The number of aromatic nitrogens is 2. The van der Waals surface area contributed by atoms with Crippen molar-refractivity contribution in [2.45, 2.75) is 6.18 Å². The monoisotopic (exact) mass is 365 g/mol. The fourth-order valence-electron chi connectivity index (χ4n) is 2.48. The Bertz CT molecular complexity index is 1160. The van der Waals surface area contributed by atoms with Crippen molar-refractivity contribution in [3.05, 3.63) is 73.4 Å². The highest BCUT2D eigenvalue weighted by molar-refractivity contribution is 6.32. The molecule has 2 aromatic carbocycles. The van der Waals surface area contributed by atoms with Crippen molar-refractivity contribution in [3.63, 3.8) is 0 Å². The molecule has 0 radical (unpaired) electrons. The summed E-state index contributed by atoms with van der Waals surface area (Å²) in [7, 11) is 0. The number of alkyl halides is 3. The standard InChI is InChI=1S/C16H7ClF3N3O2/c17-11-3-1-2-4-12(11)23-13-6-10(16(18,19)20)8(7-21)5-9(13)14(24)22-15(23)25/h1-6H,(H,22,24,25). The predicted octanol–water partition coefficient (Wildman–Crippen LogP) is 3.22. The Morgan fingerprint density at radius 1 is 1.16 bits per heavy atom. The van der Waals surface area contributed by atoms with Gasteiger partial charge in [-0.1, -0.05) is 23.7 Å². The van der Waals surface area contributed by atoms with E-state index >= 15 is 0 Å². The van der Waals surface area contributed by atoms with Gasteiger partial charge < -0.3 is 0 Å². The molecule has 9 heteroatoms. The van der Waals surface area contributed by atoms with Crippen molar-refractivity contribution >= 4 is 22.5 Å². The average Bonchev–Trinajstić information content (AvgIpc) is 2.54. The summed E-state index contributed by atoms with van der Waals surface area (Å²) >= 11 is 6.03. The lowest BCUT2D eigenvalue weighted by molar-refractivity contribution is -0.137. The maximum atomic E-state index is 13.2. The van der Waals surface area contributed by atoms with Gasteiger partial charge in [0.15, 0.2) is 0 Å². The summed E-state index contributed by atoms with van der Waals surface area (Å²) in [5, 5.41) is 8.84. The summed E-state index contributed by atoms with van der Waals surface area (Å²) < 4.78 is 40.6. The number of halogens is 4. The summed E-state index contributed by atoms with van der Waals surface area (Å²) in [6.07, 6.45) is -4.83. The van der Waals surface area contributed by atoms with Crippen LogP contribution in [0, 0.1) is 11.3 Å². The molecule has 1 aromatic heterocycles. The molecule has 3 rings (SSSR count). The zero-order valence-corrected chi connectivity index (χ0v) is 12.9. The van der Waals surface area contributed by atoms with Crippen molar-refractivity contribution in [3.8, 4) is 11.8 Å². The molecule has 1 heterocycles. The van der Waals surface area contributed by atoms with E-state index in [0.29, 0.717) is 6.07 Å². The lowest BCUT2D eigenvalue weighted by atomic mass is 10.0. The fourth-order valence-corrected chi connectivity index (χ4v) is 2.70. The van der Waals surface area contributed by atoms with Gasteiger partial charge in [0.2, 0.25) is 0 Å². The molecule has 3 aromatic rings. The van der Waals surface area contributed by atoms with Crippen LogP contribution in [-0.2, 0) is 6.18 Å². The van der Waals surface area contributed by atoms with Crippen LogP contribution in [0.2, 0.25) is 5.02 Å². The van der Waals surface area contributed by atoms with E-state index < -0.39 is 28.6 Å². The highest BCUT2D eigenvalue weighted by atomic mass is 35.5. The molecular weight excluding hydrogens is 359 g/mol. The van der Waals surface area contributed by atoms with Crippen molar-refractivity contribution < 1.29 is 13.2 Å². The number of hydrogen-bond acceptors (Lipinski definition) is 3. The van der Waals surface area contributed by atoms with Crippen LogP contribution >= 0.6 is 11.6 Å². The second kappa shape index (κ2) is 5.79. The Balaban J connectivity index is 2.55. The molecule has 5 nitrogen and oxygen atoms in total. The number of nitrogens with zero attached hydrogens (tertiary/aromatic N) is 2. The predicted molar refractivity (Wildman–Crippen MR) is 84.9 cm³/mol. The highest BCUT2D eigenvalue weighted by Crippen LogP contribution is 2.34. The van der Waals surface area contributed by atoms with Gasteiger partial charge in [-0.2, -0.15) is 18.4 Å². The van der Waals surface area contributed by atoms with Crippen molar-refractivity contribution in [2.75, 3.05) is 0 Å². The van der Waals surface area contributed by atoms with E-state index in [1.807, 2.05) is 4.98 Å². The minimum atomic E-state index is -4.83. The number of fused-ring (bicyclic) bond motifs is 1. The Hall–Kier alpha value is -3.05. The summed E-state index contributed by atoms with van der Waals surface area (Å²) in [6.45, 7) is 0. The SMILES string of the molecule is N#Cc1cc2c(=O)[nH]c(=O)n(-c3ccccc3Cl)c2cc1C(F)(F)F. The molecule has 0 aliphatic heterocycles.